The lowest BCUT2D eigenvalue weighted by atomic mass is 9.92. The van der Waals surface area contributed by atoms with Crippen molar-refractivity contribution in [3.8, 4) is 56.4 Å². The molecule has 3 heteroatoms. The molecular formula is C49H31N3. The van der Waals surface area contributed by atoms with Crippen LogP contribution in [0.25, 0.3) is 99.5 Å². The molecule has 0 N–H and O–H groups in total. The Balaban J connectivity index is 1.20. The predicted octanol–water partition coefficient (Wildman–Crippen LogP) is 12.8. The van der Waals surface area contributed by atoms with Gasteiger partial charge in [0.15, 0.2) is 17.5 Å². The molecule has 10 rings (SSSR count). The molecule has 3 nitrogen and oxygen atoms in total. The van der Waals surface area contributed by atoms with Gasteiger partial charge in [-0.25, -0.2) is 15.0 Å². The molecule has 10 aromatic rings. The lowest BCUT2D eigenvalue weighted by Gasteiger charge is -2.14. The summed E-state index contributed by atoms with van der Waals surface area (Å²) in [7, 11) is 0. The van der Waals surface area contributed by atoms with Crippen LogP contribution in [0.15, 0.2) is 188 Å². The van der Waals surface area contributed by atoms with Crippen LogP contribution in [0.5, 0.6) is 0 Å². The smallest absolute Gasteiger partial charge is 0.164 e. The Morgan fingerprint density at radius 1 is 0.231 bits per heavy atom. The number of hydrogen-bond donors (Lipinski definition) is 0. The molecule has 1 aromatic heterocycles. The molecule has 9 aromatic carbocycles. The Morgan fingerprint density at radius 3 is 1.54 bits per heavy atom. The number of nitrogens with zero attached hydrogens (tertiary/aromatic N) is 3. The molecule has 0 saturated carbocycles. The van der Waals surface area contributed by atoms with Gasteiger partial charge in [0.05, 0.1) is 0 Å². The van der Waals surface area contributed by atoms with Crippen LogP contribution in [0.2, 0.25) is 0 Å². The highest BCUT2D eigenvalue weighted by molar-refractivity contribution is 6.11. The van der Waals surface area contributed by atoms with Crippen LogP contribution < -0.4 is 0 Å². The van der Waals surface area contributed by atoms with Crippen molar-refractivity contribution in [2.24, 2.45) is 0 Å². The van der Waals surface area contributed by atoms with Crippen LogP contribution in [0.1, 0.15) is 0 Å². The molecule has 52 heavy (non-hydrogen) atoms. The SMILES string of the molecule is c1ccc(-c2cc(-c3cccc(-c4nc(-c5cccc6ccccc56)nc(-c5cccc6c5ccc5ccccc56)n4)c3)c3ccccc3c2)cc1. The average molecular weight is 662 g/mol. The zero-order chi connectivity index (χ0) is 34.4. The van der Waals surface area contributed by atoms with Crippen molar-refractivity contribution in [3.63, 3.8) is 0 Å². The first-order valence-corrected chi connectivity index (χ1v) is 17.6. The van der Waals surface area contributed by atoms with E-state index < -0.39 is 0 Å². The fourth-order valence-electron chi connectivity index (χ4n) is 7.57. The first-order chi connectivity index (χ1) is 25.8. The van der Waals surface area contributed by atoms with Gasteiger partial charge in [-0.1, -0.05) is 170 Å². The van der Waals surface area contributed by atoms with Gasteiger partial charge in [-0.2, -0.15) is 0 Å². The van der Waals surface area contributed by atoms with E-state index in [1.54, 1.807) is 0 Å². The van der Waals surface area contributed by atoms with E-state index in [2.05, 4.69) is 188 Å². The van der Waals surface area contributed by atoms with E-state index >= 15 is 0 Å². The quantitative estimate of drug-likeness (QED) is 0.172. The first-order valence-electron chi connectivity index (χ1n) is 17.6. The molecule has 1 heterocycles. The third kappa shape index (κ3) is 5.19. The van der Waals surface area contributed by atoms with Gasteiger partial charge >= 0.3 is 0 Å². The van der Waals surface area contributed by atoms with E-state index in [4.69, 9.17) is 15.0 Å². The second-order valence-corrected chi connectivity index (χ2v) is 13.2. The highest BCUT2D eigenvalue weighted by Crippen LogP contribution is 2.38. The van der Waals surface area contributed by atoms with E-state index in [9.17, 15) is 0 Å². The normalized spacial score (nSPS) is 11.5. The van der Waals surface area contributed by atoms with Crippen LogP contribution in [-0.4, -0.2) is 15.0 Å². The summed E-state index contributed by atoms with van der Waals surface area (Å²) in [5.74, 6) is 1.93. The summed E-state index contributed by atoms with van der Waals surface area (Å²) >= 11 is 0. The second kappa shape index (κ2) is 12.4. The zero-order valence-electron chi connectivity index (χ0n) is 28.2. The fraction of sp³-hybridized carbons (Fsp3) is 0. The van der Waals surface area contributed by atoms with Crippen LogP contribution in [0.4, 0.5) is 0 Å². The molecule has 0 bridgehead atoms. The van der Waals surface area contributed by atoms with Crippen molar-refractivity contribution < 1.29 is 0 Å². The fourth-order valence-corrected chi connectivity index (χ4v) is 7.57. The molecule has 0 aliphatic heterocycles. The third-order valence-electron chi connectivity index (χ3n) is 10.1. The highest BCUT2D eigenvalue weighted by Gasteiger charge is 2.17. The predicted molar refractivity (Wildman–Crippen MR) is 217 cm³/mol. The molecule has 0 amide bonds. The summed E-state index contributed by atoms with van der Waals surface area (Å²) in [6.07, 6.45) is 0. The van der Waals surface area contributed by atoms with Crippen LogP contribution in [0.3, 0.4) is 0 Å². The van der Waals surface area contributed by atoms with Gasteiger partial charge in [0.1, 0.15) is 0 Å². The Morgan fingerprint density at radius 2 is 0.750 bits per heavy atom. The number of aromatic nitrogens is 3. The molecule has 0 spiro atoms. The number of rotatable bonds is 5. The highest BCUT2D eigenvalue weighted by atomic mass is 15.0. The monoisotopic (exact) mass is 661 g/mol. The van der Waals surface area contributed by atoms with Crippen LogP contribution in [0, 0.1) is 0 Å². The second-order valence-electron chi connectivity index (χ2n) is 13.2. The van der Waals surface area contributed by atoms with Gasteiger partial charge in [0.2, 0.25) is 0 Å². The maximum atomic E-state index is 5.25. The molecule has 242 valence electrons. The van der Waals surface area contributed by atoms with Gasteiger partial charge in [0.25, 0.3) is 0 Å². The Labute approximate surface area is 301 Å². The maximum absolute atomic E-state index is 5.25. The van der Waals surface area contributed by atoms with E-state index in [-0.39, 0.29) is 0 Å². The molecule has 0 atom stereocenters. The summed E-state index contributed by atoms with van der Waals surface area (Å²) in [5.41, 5.74) is 7.54. The summed E-state index contributed by atoms with van der Waals surface area (Å²) in [6, 6.07) is 66.5. The van der Waals surface area contributed by atoms with Crippen molar-refractivity contribution in [2.45, 2.75) is 0 Å². The van der Waals surface area contributed by atoms with Gasteiger partial charge in [0, 0.05) is 16.7 Å². The van der Waals surface area contributed by atoms with Gasteiger partial charge < -0.3 is 0 Å². The van der Waals surface area contributed by atoms with Crippen molar-refractivity contribution in [2.75, 3.05) is 0 Å². The zero-order valence-corrected chi connectivity index (χ0v) is 28.2. The Bertz CT molecular complexity index is 2960. The van der Waals surface area contributed by atoms with Crippen molar-refractivity contribution >= 4 is 43.1 Å². The molecule has 0 saturated heterocycles. The van der Waals surface area contributed by atoms with Gasteiger partial charge in [-0.15, -0.1) is 0 Å². The summed E-state index contributed by atoms with van der Waals surface area (Å²) < 4.78 is 0. The molecule has 0 aliphatic carbocycles. The largest absolute Gasteiger partial charge is 0.208 e. The summed E-state index contributed by atoms with van der Waals surface area (Å²) in [6.45, 7) is 0. The number of hydrogen-bond acceptors (Lipinski definition) is 3. The van der Waals surface area contributed by atoms with Gasteiger partial charge in [-0.3, -0.25) is 0 Å². The molecule has 0 radical (unpaired) electrons. The van der Waals surface area contributed by atoms with Crippen LogP contribution in [-0.2, 0) is 0 Å². The minimum atomic E-state index is 0.635. The van der Waals surface area contributed by atoms with E-state index in [1.807, 2.05) is 0 Å². The van der Waals surface area contributed by atoms with E-state index in [1.165, 1.54) is 43.6 Å². The molecule has 0 unspecified atom stereocenters. The topological polar surface area (TPSA) is 38.7 Å². The average Bonchev–Trinajstić information content (AvgIpc) is 3.23. The molecular weight excluding hydrogens is 631 g/mol. The minimum absolute atomic E-state index is 0.635. The van der Waals surface area contributed by atoms with Crippen molar-refractivity contribution in [1.29, 1.82) is 0 Å². The summed E-state index contributed by atoms with van der Waals surface area (Å²) in [5, 5.41) is 9.37. The molecule has 0 fully saturated rings. The van der Waals surface area contributed by atoms with Crippen molar-refractivity contribution in [3.05, 3.63) is 188 Å². The lowest BCUT2D eigenvalue weighted by molar-refractivity contribution is 1.08. The molecule has 0 aliphatic rings. The van der Waals surface area contributed by atoms with Crippen molar-refractivity contribution in [1.82, 2.24) is 15.0 Å². The number of fused-ring (bicyclic) bond motifs is 5. The van der Waals surface area contributed by atoms with Gasteiger partial charge in [-0.05, 0) is 83.5 Å². The first kappa shape index (κ1) is 29.9. The Hall–Kier alpha value is -6.97. The number of benzene rings is 9. The Kier molecular flexibility index (Phi) is 7.14. The van der Waals surface area contributed by atoms with E-state index in [0.29, 0.717) is 17.5 Å². The lowest BCUT2D eigenvalue weighted by Crippen LogP contribution is -2.01. The minimum Gasteiger partial charge on any atom is -0.208 e. The van der Waals surface area contributed by atoms with E-state index in [0.717, 1.165) is 38.4 Å². The third-order valence-corrected chi connectivity index (χ3v) is 10.1. The standard InChI is InChI=1S/C49H31N3/c1-2-13-32(14-3-1)38-30-35-17-6-9-23-41(35)46(31-38)36-19-10-20-37(29-36)47-50-48(44-25-11-18-33-15-4-8-22-40(33)44)52-49(51-47)45-26-12-24-42-39-21-7-5-16-34(39)27-28-43(42)45/h1-31H. The maximum Gasteiger partial charge on any atom is 0.164 e. The summed E-state index contributed by atoms with van der Waals surface area (Å²) in [4.78, 5) is 15.7. The van der Waals surface area contributed by atoms with Crippen LogP contribution >= 0.6 is 0 Å².